The standard InChI is InChI=1S/C22H28N2O3S/c1-5-21(25)24-14-6-7-16-15-18(10-13-20(16)24)23-28(26,27)19-11-8-17(9-12-19)22(2,3)4/h8-13,15,23H,5-7,14H2,1-4H3. The molecule has 0 aromatic heterocycles. The lowest BCUT2D eigenvalue weighted by molar-refractivity contribution is -0.118. The minimum Gasteiger partial charge on any atom is -0.312 e. The van der Waals surface area contributed by atoms with Gasteiger partial charge in [-0.1, -0.05) is 39.8 Å². The molecule has 0 unspecified atom stereocenters. The summed E-state index contributed by atoms with van der Waals surface area (Å²) in [6.07, 6.45) is 2.17. The molecular formula is C22H28N2O3S. The zero-order valence-electron chi connectivity index (χ0n) is 17.0. The first-order valence-corrected chi connectivity index (χ1v) is 11.2. The molecule has 1 aliphatic rings. The highest BCUT2D eigenvalue weighted by molar-refractivity contribution is 7.92. The second-order valence-corrected chi connectivity index (χ2v) is 9.91. The average Bonchev–Trinajstić information content (AvgIpc) is 2.66. The van der Waals surface area contributed by atoms with Crippen molar-refractivity contribution in [3.63, 3.8) is 0 Å². The smallest absolute Gasteiger partial charge is 0.261 e. The molecule has 0 radical (unpaired) electrons. The van der Waals surface area contributed by atoms with Crippen LogP contribution < -0.4 is 9.62 Å². The molecule has 0 aliphatic carbocycles. The van der Waals surface area contributed by atoms with Crippen molar-refractivity contribution >= 4 is 27.3 Å². The largest absolute Gasteiger partial charge is 0.312 e. The third kappa shape index (κ3) is 4.22. The van der Waals surface area contributed by atoms with E-state index in [9.17, 15) is 13.2 Å². The van der Waals surface area contributed by atoms with Crippen LogP contribution >= 0.6 is 0 Å². The van der Waals surface area contributed by atoms with Crippen LogP contribution in [0.2, 0.25) is 0 Å². The number of hydrogen-bond acceptors (Lipinski definition) is 3. The minimum absolute atomic E-state index is 0.0317. The first-order valence-electron chi connectivity index (χ1n) is 9.68. The minimum atomic E-state index is -3.67. The molecule has 0 atom stereocenters. The van der Waals surface area contributed by atoms with E-state index >= 15 is 0 Å². The fourth-order valence-corrected chi connectivity index (χ4v) is 4.51. The molecule has 0 fully saturated rings. The summed E-state index contributed by atoms with van der Waals surface area (Å²) < 4.78 is 28.2. The van der Waals surface area contributed by atoms with Gasteiger partial charge in [0.25, 0.3) is 10.0 Å². The number of sulfonamides is 1. The summed E-state index contributed by atoms with van der Waals surface area (Å²) in [5.74, 6) is 0.0909. The highest BCUT2D eigenvalue weighted by Gasteiger charge is 2.23. The zero-order valence-corrected chi connectivity index (χ0v) is 17.8. The second kappa shape index (κ2) is 7.59. The van der Waals surface area contributed by atoms with E-state index in [-0.39, 0.29) is 16.2 Å². The Balaban J connectivity index is 1.84. The van der Waals surface area contributed by atoms with Gasteiger partial charge < -0.3 is 4.90 Å². The molecule has 1 heterocycles. The van der Waals surface area contributed by atoms with Crippen molar-refractivity contribution in [3.05, 3.63) is 53.6 Å². The van der Waals surface area contributed by atoms with Crippen molar-refractivity contribution < 1.29 is 13.2 Å². The molecule has 0 spiro atoms. The number of aryl methyl sites for hydroxylation is 1. The number of benzene rings is 2. The van der Waals surface area contributed by atoms with E-state index in [0.29, 0.717) is 18.7 Å². The predicted octanol–water partition coefficient (Wildman–Crippen LogP) is 4.47. The fourth-order valence-electron chi connectivity index (χ4n) is 3.46. The van der Waals surface area contributed by atoms with Crippen molar-refractivity contribution in [2.24, 2.45) is 0 Å². The molecule has 1 N–H and O–H groups in total. The Morgan fingerprint density at radius 2 is 1.79 bits per heavy atom. The summed E-state index contributed by atoms with van der Waals surface area (Å²) in [6.45, 7) is 8.84. The SMILES string of the molecule is CCC(=O)N1CCCc2cc(NS(=O)(=O)c3ccc(C(C)(C)C)cc3)ccc21. The summed E-state index contributed by atoms with van der Waals surface area (Å²) in [6, 6.07) is 12.4. The number of nitrogens with one attached hydrogen (secondary N) is 1. The Hall–Kier alpha value is -2.34. The molecule has 3 rings (SSSR count). The maximum Gasteiger partial charge on any atom is 0.261 e. The van der Waals surface area contributed by atoms with Gasteiger partial charge >= 0.3 is 0 Å². The molecule has 0 saturated carbocycles. The van der Waals surface area contributed by atoms with Gasteiger partial charge in [0, 0.05) is 24.3 Å². The summed E-state index contributed by atoms with van der Waals surface area (Å²) in [5, 5.41) is 0. The van der Waals surface area contributed by atoms with Crippen molar-refractivity contribution in [2.45, 2.75) is 57.3 Å². The quantitative estimate of drug-likeness (QED) is 0.823. The predicted molar refractivity (Wildman–Crippen MR) is 113 cm³/mol. The molecule has 0 bridgehead atoms. The number of anilines is 2. The molecule has 1 aliphatic heterocycles. The van der Waals surface area contributed by atoms with Crippen molar-refractivity contribution in [3.8, 4) is 0 Å². The highest BCUT2D eigenvalue weighted by Crippen LogP contribution is 2.31. The fraction of sp³-hybridized carbons (Fsp3) is 0.409. The number of fused-ring (bicyclic) bond motifs is 1. The van der Waals surface area contributed by atoms with Gasteiger partial charge in [0.05, 0.1) is 4.90 Å². The van der Waals surface area contributed by atoms with Crippen LogP contribution in [0.25, 0.3) is 0 Å². The zero-order chi connectivity index (χ0) is 20.5. The van der Waals surface area contributed by atoms with Crippen LogP contribution in [0.4, 0.5) is 11.4 Å². The monoisotopic (exact) mass is 400 g/mol. The van der Waals surface area contributed by atoms with Crippen LogP contribution in [-0.2, 0) is 26.7 Å². The Morgan fingerprint density at radius 1 is 1.11 bits per heavy atom. The van der Waals surface area contributed by atoms with Gasteiger partial charge in [-0.15, -0.1) is 0 Å². The summed E-state index contributed by atoms with van der Waals surface area (Å²) in [4.78, 5) is 14.2. The second-order valence-electron chi connectivity index (χ2n) is 8.23. The number of amides is 1. The summed E-state index contributed by atoms with van der Waals surface area (Å²) in [5.41, 5.74) is 3.45. The molecule has 6 heteroatoms. The lowest BCUT2D eigenvalue weighted by Crippen LogP contribution is -2.34. The van der Waals surface area contributed by atoms with Gasteiger partial charge in [-0.3, -0.25) is 9.52 Å². The van der Waals surface area contributed by atoms with Crippen molar-refractivity contribution in [1.29, 1.82) is 0 Å². The van der Waals surface area contributed by atoms with Gasteiger partial charge in [-0.25, -0.2) is 8.42 Å². The lowest BCUT2D eigenvalue weighted by atomic mass is 9.87. The highest BCUT2D eigenvalue weighted by atomic mass is 32.2. The van der Waals surface area contributed by atoms with Gasteiger partial charge in [0.15, 0.2) is 0 Å². The number of rotatable bonds is 4. The summed E-state index contributed by atoms with van der Waals surface area (Å²) >= 11 is 0. The van der Waals surface area contributed by atoms with Gasteiger partial charge in [0.1, 0.15) is 0 Å². The van der Waals surface area contributed by atoms with Crippen LogP contribution in [0.15, 0.2) is 47.4 Å². The van der Waals surface area contributed by atoms with E-state index in [1.165, 1.54) is 0 Å². The first-order chi connectivity index (χ1) is 13.1. The molecule has 2 aromatic rings. The van der Waals surface area contributed by atoms with Crippen molar-refractivity contribution in [1.82, 2.24) is 0 Å². The van der Waals surface area contributed by atoms with Crippen LogP contribution in [0.1, 0.15) is 51.7 Å². The molecule has 5 nitrogen and oxygen atoms in total. The number of hydrogen-bond donors (Lipinski definition) is 1. The Morgan fingerprint density at radius 3 is 2.39 bits per heavy atom. The number of nitrogens with zero attached hydrogens (tertiary/aromatic N) is 1. The maximum absolute atomic E-state index is 12.8. The van der Waals surface area contributed by atoms with Crippen molar-refractivity contribution in [2.75, 3.05) is 16.2 Å². The molecule has 1 amide bonds. The van der Waals surface area contributed by atoms with E-state index in [1.54, 1.807) is 23.1 Å². The topological polar surface area (TPSA) is 66.5 Å². The molecule has 2 aromatic carbocycles. The molecule has 0 saturated heterocycles. The van der Waals surface area contributed by atoms with Gasteiger partial charge in [-0.2, -0.15) is 0 Å². The average molecular weight is 401 g/mol. The molecule has 28 heavy (non-hydrogen) atoms. The third-order valence-corrected chi connectivity index (χ3v) is 6.48. The van der Waals surface area contributed by atoms with E-state index in [4.69, 9.17) is 0 Å². The Labute approximate surface area is 167 Å². The number of carbonyl (C=O) groups is 1. The Bertz CT molecular complexity index is 974. The lowest BCUT2D eigenvalue weighted by Gasteiger charge is -2.29. The normalized spacial score (nSPS) is 14.5. The van der Waals surface area contributed by atoms with Crippen LogP contribution in [0.5, 0.6) is 0 Å². The molecular weight excluding hydrogens is 372 g/mol. The van der Waals surface area contributed by atoms with E-state index < -0.39 is 10.0 Å². The van der Waals surface area contributed by atoms with Gasteiger partial charge in [0.2, 0.25) is 5.91 Å². The van der Waals surface area contributed by atoms with Crippen LogP contribution in [-0.4, -0.2) is 20.9 Å². The van der Waals surface area contributed by atoms with E-state index in [2.05, 4.69) is 25.5 Å². The maximum atomic E-state index is 12.8. The third-order valence-electron chi connectivity index (χ3n) is 5.08. The van der Waals surface area contributed by atoms with Crippen LogP contribution in [0.3, 0.4) is 0 Å². The van der Waals surface area contributed by atoms with E-state index in [0.717, 1.165) is 29.7 Å². The number of carbonyl (C=O) groups excluding carboxylic acids is 1. The molecule has 150 valence electrons. The van der Waals surface area contributed by atoms with Crippen LogP contribution in [0, 0.1) is 0 Å². The first kappa shape index (κ1) is 20.4. The summed E-state index contributed by atoms with van der Waals surface area (Å²) in [7, 11) is -3.67. The van der Waals surface area contributed by atoms with E-state index in [1.807, 2.05) is 31.2 Å². The van der Waals surface area contributed by atoms with Gasteiger partial charge in [-0.05, 0) is 59.7 Å². The Kier molecular flexibility index (Phi) is 5.53.